The van der Waals surface area contributed by atoms with Gasteiger partial charge < -0.3 is 5.11 Å². The molecule has 0 aliphatic carbocycles. The van der Waals surface area contributed by atoms with E-state index in [4.69, 9.17) is 0 Å². The van der Waals surface area contributed by atoms with Crippen molar-refractivity contribution in [3.05, 3.63) is 35.4 Å². The highest BCUT2D eigenvalue weighted by Crippen LogP contribution is 2.22. The van der Waals surface area contributed by atoms with Gasteiger partial charge in [-0.2, -0.15) is 0 Å². The van der Waals surface area contributed by atoms with Gasteiger partial charge >= 0.3 is 0 Å². The van der Waals surface area contributed by atoms with E-state index in [1.165, 1.54) is 11.1 Å². The second-order valence-corrected chi connectivity index (χ2v) is 4.95. The number of aryl methyl sites for hydroxylation is 1. The van der Waals surface area contributed by atoms with E-state index in [9.17, 15) is 5.11 Å². The zero-order valence-electron chi connectivity index (χ0n) is 9.53. The summed E-state index contributed by atoms with van der Waals surface area (Å²) in [5, 5.41) is 9.86. The molecule has 1 heterocycles. The van der Waals surface area contributed by atoms with Crippen LogP contribution in [-0.2, 0) is 6.54 Å². The zero-order chi connectivity index (χ0) is 10.9. The van der Waals surface area contributed by atoms with Crippen LogP contribution in [-0.4, -0.2) is 28.7 Å². The minimum atomic E-state index is -0.482. The molecule has 1 atom stereocenters. The molecule has 0 radical (unpaired) electrons. The minimum absolute atomic E-state index is 0.482. The monoisotopic (exact) mass is 205 g/mol. The lowest BCUT2D eigenvalue weighted by atomic mass is 10.1. The van der Waals surface area contributed by atoms with Crippen molar-refractivity contribution in [3.8, 4) is 0 Å². The highest BCUT2D eigenvalue weighted by molar-refractivity contribution is 5.22. The van der Waals surface area contributed by atoms with Gasteiger partial charge in [-0.15, -0.1) is 0 Å². The van der Waals surface area contributed by atoms with Gasteiger partial charge in [-0.1, -0.05) is 29.8 Å². The molecule has 0 aromatic heterocycles. The molecule has 82 valence electrons. The largest absolute Gasteiger partial charge is 0.389 e. The zero-order valence-corrected chi connectivity index (χ0v) is 9.53. The second kappa shape index (κ2) is 3.95. The Kier molecular flexibility index (Phi) is 2.81. The summed E-state index contributed by atoms with van der Waals surface area (Å²) in [5.41, 5.74) is 2.16. The average molecular weight is 205 g/mol. The number of likely N-dealkylation sites (tertiary alicyclic amines) is 1. The smallest absolute Gasteiger partial charge is 0.0758 e. The highest BCUT2D eigenvalue weighted by Gasteiger charge is 2.30. The normalized spacial score (nSPS) is 27.1. The van der Waals surface area contributed by atoms with Crippen molar-refractivity contribution in [2.75, 3.05) is 13.1 Å². The van der Waals surface area contributed by atoms with Gasteiger partial charge in [-0.05, 0) is 25.8 Å². The van der Waals surface area contributed by atoms with Crippen LogP contribution in [0.25, 0.3) is 0 Å². The van der Waals surface area contributed by atoms with Crippen LogP contribution >= 0.6 is 0 Å². The van der Waals surface area contributed by atoms with E-state index in [0.29, 0.717) is 0 Å². The Labute approximate surface area is 91.5 Å². The molecule has 1 aliphatic rings. The topological polar surface area (TPSA) is 23.5 Å². The summed E-state index contributed by atoms with van der Waals surface area (Å²) in [6.07, 6.45) is 0.888. The van der Waals surface area contributed by atoms with E-state index >= 15 is 0 Å². The van der Waals surface area contributed by atoms with Crippen molar-refractivity contribution >= 4 is 0 Å². The van der Waals surface area contributed by atoms with Crippen LogP contribution in [0.3, 0.4) is 0 Å². The van der Waals surface area contributed by atoms with Gasteiger partial charge in [0.15, 0.2) is 0 Å². The number of benzene rings is 1. The maximum absolute atomic E-state index is 9.86. The number of β-amino-alcohol motifs (C(OH)–C–C–N with tert-alkyl or cyclic N) is 1. The number of aliphatic hydroxyl groups is 1. The summed E-state index contributed by atoms with van der Waals surface area (Å²) in [4.78, 5) is 2.31. The molecule has 0 bridgehead atoms. The summed E-state index contributed by atoms with van der Waals surface area (Å²) in [6, 6.07) is 8.58. The van der Waals surface area contributed by atoms with Gasteiger partial charge in [0.05, 0.1) is 5.60 Å². The van der Waals surface area contributed by atoms with Crippen molar-refractivity contribution in [1.82, 2.24) is 4.90 Å². The molecule has 1 N–H and O–H groups in total. The minimum Gasteiger partial charge on any atom is -0.389 e. The van der Waals surface area contributed by atoms with Crippen molar-refractivity contribution < 1.29 is 5.11 Å². The number of rotatable bonds is 2. The molecule has 1 aromatic rings. The average Bonchev–Trinajstić information content (AvgIpc) is 2.45. The Hall–Kier alpha value is -0.860. The predicted octanol–water partition coefficient (Wildman–Crippen LogP) is 1.95. The number of nitrogens with zero attached hydrogens (tertiary/aromatic N) is 1. The molecule has 1 aliphatic heterocycles. The lowest BCUT2D eigenvalue weighted by Crippen LogP contribution is -2.29. The summed E-state index contributed by atoms with van der Waals surface area (Å²) >= 11 is 0. The van der Waals surface area contributed by atoms with Crippen LogP contribution in [0, 0.1) is 6.92 Å². The second-order valence-electron chi connectivity index (χ2n) is 4.95. The lowest BCUT2D eigenvalue weighted by Gasteiger charge is -2.18. The molecule has 0 saturated carbocycles. The van der Waals surface area contributed by atoms with Crippen molar-refractivity contribution in [2.24, 2.45) is 0 Å². The Morgan fingerprint density at radius 2 is 2.27 bits per heavy atom. The van der Waals surface area contributed by atoms with E-state index in [2.05, 4.69) is 36.1 Å². The molecule has 2 nitrogen and oxygen atoms in total. The van der Waals surface area contributed by atoms with Gasteiger partial charge in [-0.3, -0.25) is 4.90 Å². The van der Waals surface area contributed by atoms with Gasteiger partial charge in [0.25, 0.3) is 0 Å². The summed E-state index contributed by atoms with van der Waals surface area (Å²) in [5.74, 6) is 0. The fraction of sp³-hybridized carbons (Fsp3) is 0.538. The van der Waals surface area contributed by atoms with Gasteiger partial charge in [-0.25, -0.2) is 0 Å². The summed E-state index contributed by atoms with van der Waals surface area (Å²) < 4.78 is 0. The van der Waals surface area contributed by atoms with E-state index < -0.39 is 5.60 Å². The molecular formula is C13H19NO. The molecular weight excluding hydrogens is 186 g/mol. The molecule has 1 fully saturated rings. The van der Waals surface area contributed by atoms with Gasteiger partial charge in [0.1, 0.15) is 0 Å². The summed E-state index contributed by atoms with van der Waals surface area (Å²) in [7, 11) is 0. The quantitative estimate of drug-likeness (QED) is 0.797. The van der Waals surface area contributed by atoms with Crippen molar-refractivity contribution in [2.45, 2.75) is 32.4 Å². The maximum atomic E-state index is 9.86. The molecule has 0 amide bonds. The highest BCUT2D eigenvalue weighted by atomic mass is 16.3. The third kappa shape index (κ3) is 2.80. The first-order valence-electron chi connectivity index (χ1n) is 5.55. The van der Waals surface area contributed by atoms with Crippen LogP contribution in [0.4, 0.5) is 0 Å². The third-order valence-corrected chi connectivity index (χ3v) is 3.02. The van der Waals surface area contributed by atoms with E-state index in [1.807, 2.05) is 6.92 Å². The maximum Gasteiger partial charge on any atom is 0.0758 e. The lowest BCUT2D eigenvalue weighted by molar-refractivity contribution is 0.0679. The van der Waals surface area contributed by atoms with Gasteiger partial charge in [0.2, 0.25) is 0 Å². The van der Waals surface area contributed by atoms with Crippen molar-refractivity contribution in [1.29, 1.82) is 0 Å². The Bertz CT molecular complexity index is 346. The molecule has 2 rings (SSSR count). The van der Waals surface area contributed by atoms with Crippen LogP contribution < -0.4 is 0 Å². The standard InChI is InChI=1S/C13H19NO/c1-11-4-3-5-12(8-11)9-14-7-6-13(2,15)10-14/h3-5,8,15H,6-7,9-10H2,1-2H3. The first-order valence-corrected chi connectivity index (χ1v) is 5.55. The Balaban J connectivity index is 1.99. The molecule has 0 spiro atoms. The predicted molar refractivity (Wildman–Crippen MR) is 61.7 cm³/mol. The van der Waals surface area contributed by atoms with Gasteiger partial charge in [0, 0.05) is 19.6 Å². The van der Waals surface area contributed by atoms with E-state index in [1.54, 1.807) is 0 Å². The summed E-state index contributed by atoms with van der Waals surface area (Å²) in [6.45, 7) is 6.78. The van der Waals surface area contributed by atoms with E-state index in [-0.39, 0.29) is 0 Å². The first-order chi connectivity index (χ1) is 7.05. The van der Waals surface area contributed by atoms with Crippen LogP contribution in [0.2, 0.25) is 0 Å². The molecule has 1 aromatic carbocycles. The van der Waals surface area contributed by atoms with Crippen LogP contribution in [0.5, 0.6) is 0 Å². The molecule has 1 saturated heterocycles. The first kappa shape index (κ1) is 10.7. The molecule has 2 heteroatoms. The Morgan fingerprint density at radius 3 is 2.87 bits per heavy atom. The molecule has 15 heavy (non-hydrogen) atoms. The SMILES string of the molecule is Cc1cccc(CN2CCC(C)(O)C2)c1. The number of hydrogen-bond acceptors (Lipinski definition) is 2. The van der Waals surface area contributed by atoms with Crippen LogP contribution in [0.1, 0.15) is 24.5 Å². The Morgan fingerprint density at radius 1 is 1.47 bits per heavy atom. The molecule has 1 unspecified atom stereocenters. The van der Waals surface area contributed by atoms with Crippen molar-refractivity contribution in [3.63, 3.8) is 0 Å². The fourth-order valence-electron chi connectivity index (χ4n) is 2.24. The third-order valence-electron chi connectivity index (χ3n) is 3.02. The number of hydrogen-bond donors (Lipinski definition) is 1. The van der Waals surface area contributed by atoms with Crippen LogP contribution in [0.15, 0.2) is 24.3 Å². The van der Waals surface area contributed by atoms with E-state index in [0.717, 1.165) is 26.1 Å². The fourth-order valence-corrected chi connectivity index (χ4v) is 2.24.